The van der Waals surface area contributed by atoms with Crippen molar-refractivity contribution in [1.29, 1.82) is 5.41 Å². The van der Waals surface area contributed by atoms with E-state index in [1.165, 1.54) is 6.07 Å². The summed E-state index contributed by atoms with van der Waals surface area (Å²) >= 11 is 1.96. The van der Waals surface area contributed by atoms with Gasteiger partial charge >= 0.3 is 0 Å². The molecular weight excluding hydrogens is 249 g/mol. The zero-order chi connectivity index (χ0) is 13.1. The van der Waals surface area contributed by atoms with Crippen molar-refractivity contribution in [3.8, 4) is 0 Å². The highest BCUT2D eigenvalue weighted by molar-refractivity contribution is 8.00. The maximum Gasteiger partial charge on any atom is 0.136 e. The number of benzene rings is 1. The van der Waals surface area contributed by atoms with Crippen LogP contribution in [0.3, 0.4) is 0 Å². The summed E-state index contributed by atoms with van der Waals surface area (Å²) in [4.78, 5) is 2.14. The Bertz CT molecular complexity index is 450. The van der Waals surface area contributed by atoms with E-state index in [0.717, 1.165) is 31.0 Å². The molecule has 1 heterocycles. The minimum absolute atomic E-state index is 0.200. The average molecular weight is 267 g/mol. The van der Waals surface area contributed by atoms with Crippen LogP contribution in [0.5, 0.6) is 0 Å². The minimum Gasteiger partial charge on any atom is -0.384 e. The number of amidine groups is 1. The van der Waals surface area contributed by atoms with Crippen molar-refractivity contribution in [3.05, 3.63) is 29.6 Å². The van der Waals surface area contributed by atoms with Crippen LogP contribution in [0, 0.1) is 11.2 Å². The Morgan fingerprint density at radius 2 is 2.39 bits per heavy atom. The SMILES string of the molecule is CCC1CN(c2cccc(F)c2C(=N)N)CCS1. The van der Waals surface area contributed by atoms with Crippen molar-refractivity contribution in [3.63, 3.8) is 0 Å². The molecule has 1 unspecified atom stereocenters. The second kappa shape index (κ2) is 5.61. The second-order valence-corrected chi connectivity index (χ2v) is 5.80. The van der Waals surface area contributed by atoms with Crippen molar-refractivity contribution < 1.29 is 4.39 Å². The summed E-state index contributed by atoms with van der Waals surface area (Å²) in [5.41, 5.74) is 6.49. The standard InChI is InChI=1S/C13H18FN3S/c1-2-9-8-17(6-7-18-9)11-5-3-4-10(14)12(11)13(15)16/h3-5,9H,2,6-8H2,1H3,(H3,15,16). The molecule has 0 saturated carbocycles. The largest absolute Gasteiger partial charge is 0.384 e. The fraction of sp³-hybridized carbons (Fsp3) is 0.462. The quantitative estimate of drug-likeness (QED) is 0.653. The van der Waals surface area contributed by atoms with Crippen molar-refractivity contribution in [2.75, 3.05) is 23.7 Å². The van der Waals surface area contributed by atoms with Crippen LogP contribution in [-0.4, -0.2) is 29.9 Å². The number of thioether (sulfide) groups is 1. The van der Waals surface area contributed by atoms with E-state index in [-0.39, 0.29) is 11.4 Å². The van der Waals surface area contributed by atoms with Crippen molar-refractivity contribution in [2.24, 2.45) is 5.73 Å². The first kappa shape index (κ1) is 13.2. The van der Waals surface area contributed by atoms with Gasteiger partial charge in [0.2, 0.25) is 0 Å². The number of halogens is 1. The van der Waals surface area contributed by atoms with E-state index in [2.05, 4.69) is 11.8 Å². The van der Waals surface area contributed by atoms with Gasteiger partial charge in [-0.3, -0.25) is 5.41 Å². The topological polar surface area (TPSA) is 53.1 Å². The molecule has 1 aliphatic rings. The first-order chi connectivity index (χ1) is 8.63. The molecule has 1 fully saturated rings. The first-order valence-electron chi connectivity index (χ1n) is 6.13. The molecule has 0 aliphatic carbocycles. The van der Waals surface area contributed by atoms with Crippen LogP contribution in [-0.2, 0) is 0 Å². The maximum atomic E-state index is 13.8. The molecule has 1 aliphatic heterocycles. The monoisotopic (exact) mass is 267 g/mol. The number of nitrogens with one attached hydrogen (secondary N) is 1. The van der Waals surface area contributed by atoms with Gasteiger partial charge in [0.1, 0.15) is 11.7 Å². The zero-order valence-electron chi connectivity index (χ0n) is 10.4. The van der Waals surface area contributed by atoms with Gasteiger partial charge in [-0.05, 0) is 18.6 Å². The third kappa shape index (κ3) is 2.61. The number of nitrogens with two attached hydrogens (primary N) is 1. The minimum atomic E-state index is -0.411. The molecule has 2 rings (SSSR count). The summed E-state index contributed by atoms with van der Waals surface area (Å²) in [7, 11) is 0. The van der Waals surface area contributed by atoms with Crippen LogP contribution in [0.15, 0.2) is 18.2 Å². The lowest BCUT2D eigenvalue weighted by atomic mass is 10.1. The first-order valence-corrected chi connectivity index (χ1v) is 7.17. The summed E-state index contributed by atoms with van der Waals surface area (Å²) < 4.78 is 13.8. The van der Waals surface area contributed by atoms with Crippen LogP contribution in [0.25, 0.3) is 0 Å². The molecule has 1 aromatic carbocycles. The molecule has 0 bridgehead atoms. The van der Waals surface area contributed by atoms with E-state index >= 15 is 0 Å². The number of hydrogen-bond acceptors (Lipinski definition) is 3. The third-order valence-corrected chi connectivity index (χ3v) is 4.57. The molecule has 3 N–H and O–H groups in total. The van der Waals surface area contributed by atoms with Crippen molar-refractivity contribution >= 4 is 23.3 Å². The molecule has 1 aromatic rings. The number of nitrogens with zero attached hydrogens (tertiary/aromatic N) is 1. The molecule has 0 radical (unpaired) electrons. The Hall–Kier alpha value is -1.23. The van der Waals surface area contributed by atoms with Gasteiger partial charge in [0, 0.05) is 24.1 Å². The van der Waals surface area contributed by atoms with E-state index in [1.54, 1.807) is 6.07 Å². The Kier molecular flexibility index (Phi) is 4.11. The van der Waals surface area contributed by atoms with Crippen LogP contribution in [0.2, 0.25) is 0 Å². The molecule has 0 aromatic heterocycles. The summed E-state index contributed by atoms with van der Waals surface area (Å²) in [5.74, 6) is 0.424. The Morgan fingerprint density at radius 3 is 3.06 bits per heavy atom. The van der Waals surface area contributed by atoms with Gasteiger partial charge in [-0.25, -0.2) is 4.39 Å². The summed E-state index contributed by atoms with van der Waals surface area (Å²) in [6, 6.07) is 4.89. The second-order valence-electron chi connectivity index (χ2n) is 4.39. The summed E-state index contributed by atoms with van der Waals surface area (Å²) in [6.45, 7) is 3.94. The van der Waals surface area contributed by atoms with Gasteiger partial charge in [-0.1, -0.05) is 13.0 Å². The number of hydrogen-bond donors (Lipinski definition) is 2. The highest BCUT2D eigenvalue weighted by atomic mass is 32.2. The van der Waals surface area contributed by atoms with Crippen LogP contribution in [0.4, 0.5) is 10.1 Å². The van der Waals surface area contributed by atoms with E-state index in [4.69, 9.17) is 11.1 Å². The van der Waals surface area contributed by atoms with E-state index in [1.807, 2.05) is 17.8 Å². The van der Waals surface area contributed by atoms with Crippen LogP contribution in [0.1, 0.15) is 18.9 Å². The predicted molar refractivity (Wildman–Crippen MR) is 76.2 cm³/mol. The molecule has 1 atom stereocenters. The molecule has 0 spiro atoms. The van der Waals surface area contributed by atoms with Gasteiger partial charge in [0.15, 0.2) is 0 Å². The molecule has 0 amide bonds. The van der Waals surface area contributed by atoms with Crippen LogP contribution >= 0.6 is 11.8 Å². The van der Waals surface area contributed by atoms with Crippen molar-refractivity contribution in [2.45, 2.75) is 18.6 Å². The highest BCUT2D eigenvalue weighted by Gasteiger charge is 2.23. The van der Waals surface area contributed by atoms with Gasteiger partial charge < -0.3 is 10.6 Å². The predicted octanol–water partition coefficient (Wildman–Crippen LogP) is 2.44. The van der Waals surface area contributed by atoms with Gasteiger partial charge in [0.25, 0.3) is 0 Å². The molecule has 18 heavy (non-hydrogen) atoms. The number of nitrogen functional groups attached to an aromatic ring is 1. The third-order valence-electron chi connectivity index (χ3n) is 3.20. The van der Waals surface area contributed by atoms with Crippen LogP contribution < -0.4 is 10.6 Å². The Morgan fingerprint density at radius 1 is 1.61 bits per heavy atom. The number of rotatable bonds is 3. The van der Waals surface area contributed by atoms with E-state index in [0.29, 0.717) is 5.25 Å². The molecule has 3 nitrogen and oxygen atoms in total. The maximum absolute atomic E-state index is 13.8. The highest BCUT2D eigenvalue weighted by Crippen LogP contribution is 2.29. The molecule has 1 saturated heterocycles. The smallest absolute Gasteiger partial charge is 0.136 e. The lowest BCUT2D eigenvalue weighted by molar-refractivity contribution is 0.622. The lowest BCUT2D eigenvalue weighted by Crippen LogP contribution is -2.39. The van der Waals surface area contributed by atoms with Gasteiger partial charge in [-0.2, -0.15) is 11.8 Å². The Labute approximate surface area is 111 Å². The Balaban J connectivity index is 2.32. The molecule has 5 heteroatoms. The average Bonchev–Trinajstić information content (AvgIpc) is 2.38. The molecular formula is C13H18FN3S. The zero-order valence-corrected chi connectivity index (χ0v) is 11.3. The molecule has 98 valence electrons. The number of anilines is 1. The van der Waals surface area contributed by atoms with Crippen molar-refractivity contribution in [1.82, 2.24) is 0 Å². The fourth-order valence-corrected chi connectivity index (χ4v) is 3.41. The van der Waals surface area contributed by atoms with E-state index < -0.39 is 5.82 Å². The summed E-state index contributed by atoms with van der Waals surface area (Å²) in [5, 5.41) is 8.11. The summed E-state index contributed by atoms with van der Waals surface area (Å²) in [6.07, 6.45) is 1.10. The van der Waals surface area contributed by atoms with Gasteiger partial charge in [0.05, 0.1) is 11.3 Å². The van der Waals surface area contributed by atoms with Gasteiger partial charge in [-0.15, -0.1) is 0 Å². The normalized spacial score (nSPS) is 19.9. The fourth-order valence-electron chi connectivity index (χ4n) is 2.23. The van der Waals surface area contributed by atoms with E-state index in [9.17, 15) is 4.39 Å². The lowest BCUT2D eigenvalue weighted by Gasteiger charge is -2.34.